The number of rotatable bonds is 5. The molecule has 3 nitrogen and oxygen atoms in total. The first-order valence-electron chi connectivity index (χ1n) is 6.15. The monoisotopic (exact) mass is 295 g/mol. The maximum absolute atomic E-state index is 6.09. The summed E-state index contributed by atoms with van der Waals surface area (Å²) in [5.74, 6) is 0. The van der Waals surface area contributed by atoms with Crippen LogP contribution in [-0.4, -0.2) is 16.5 Å². The van der Waals surface area contributed by atoms with Crippen molar-refractivity contribution in [3.05, 3.63) is 58.1 Å². The second-order valence-corrected chi connectivity index (χ2v) is 5.05. The number of hydrogen-bond donors (Lipinski definition) is 1. The van der Waals surface area contributed by atoms with Crippen molar-refractivity contribution in [2.45, 2.75) is 19.4 Å². The van der Waals surface area contributed by atoms with Crippen LogP contribution in [-0.2, 0) is 0 Å². The van der Waals surface area contributed by atoms with Gasteiger partial charge < -0.3 is 5.32 Å². The van der Waals surface area contributed by atoms with E-state index < -0.39 is 0 Å². The summed E-state index contributed by atoms with van der Waals surface area (Å²) in [6.07, 6.45) is 6.19. The highest BCUT2D eigenvalue weighted by molar-refractivity contribution is 6.42. The molecule has 2 aromatic rings. The highest BCUT2D eigenvalue weighted by atomic mass is 35.5. The zero-order valence-electron chi connectivity index (χ0n) is 10.6. The quantitative estimate of drug-likeness (QED) is 0.910. The van der Waals surface area contributed by atoms with Crippen molar-refractivity contribution in [1.82, 2.24) is 15.3 Å². The molecule has 0 aliphatic heterocycles. The molecule has 0 aliphatic carbocycles. The van der Waals surface area contributed by atoms with Crippen LogP contribution in [0.5, 0.6) is 0 Å². The van der Waals surface area contributed by atoms with Gasteiger partial charge in [-0.1, -0.05) is 36.2 Å². The minimum Gasteiger partial charge on any atom is -0.306 e. The van der Waals surface area contributed by atoms with E-state index in [-0.39, 0.29) is 6.04 Å². The van der Waals surface area contributed by atoms with E-state index >= 15 is 0 Å². The fraction of sp³-hybridized carbons (Fsp3) is 0.286. The number of hydrogen-bond acceptors (Lipinski definition) is 3. The van der Waals surface area contributed by atoms with Gasteiger partial charge in [0.1, 0.15) is 6.33 Å². The number of halogens is 2. The number of nitrogens with zero attached hydrogens (tertiary/aromatic N) is 2. The standard InChI is InChI=1S/C14H15Cl2N3/c1-2-5-19-14(11-7-17-9-18-8-11)10-3-4-12(15)13(16)6-10/h3-4,6-9,14,19H,2,5H2,1H3. The smallest absolute Gasteiger partial charge is 0.115 e. The minimum absolute atomic E-state index is 0.0240. The summed E-state index contributed by atoms with van der Waals surface area (Å²) in [7, 11) is 0. The minimum atomic E-state index is 0.0240. The Morgan fingerprint density at radius 2 is 1.84 bits per heavy atom. The van der Waals surface area contributed by atoms with E-state index in [1.54, 1.807) is 0 Å². The molecule has 0 radical (unpaired) electrons. The fourth-order valence-corrected chi connectivity index (χ4v) is 2.17. The SMILES string of the molecule is CCCNC(c1cncnc1)c1ccc(Cl)c(Cl)c1. The second kappa shape index (κ2) is 6.85. The van der Waals surface area contributed by atoms with E-state index in [9.17, 15) is 0 Å². The maximum Gasteiger partial charge on any atom is 0.115 e. The van der Waals surface area contributed by atoms with Crippen LogP contribution in [0, 0.1) is 0 Å². The molecule has 0 saturated heterocycles. The zero-order chi connectivity index (χ0) is 13.7. The molecule has 0 amide bonds. The van der Waals surface area contributed by atoms with Crippen LogP contribution in [0.4, 0.5) is 0 Å². The molecule has 2 rings (SSSR count). The van der Waals surface area contributed by atoms with Gasteiger partial charge in [-0.05, 0) is 30.7 Å². The zero-order valence-corrected chi connectivity index (χ0v) is 12.1. The van der Waals surface area contributed by atoms with Gasteiger partial charge in [0.15, 0.2) is 0 Å². The number of aromatic nitrogens is 2. The van der Waals surface area contributed by atoms with E-state index in [0.717, 1.165) is 24.1 Å². The Bertz CT molecular complexity index is 531. The van der Waals surface area contributed by atoms with E-state index in [2.05, 4.69) is 22.2 Å². The van der Waals surface area contributed by atoms with Crippen LogP contribution in [0.25, 0.3) is 0 Å². The van der Waals surface area contributed by atoms with Crippen molar-refractivity contribution in [3.63, 3.8) is 0 Å². The van der Waals surface area contributed by atoms with E-state index in [0.29, 0.717) is 10.0 Å². The Labute approximate surface area is 123 Å². The van der Waals surface area contributed by atoms with Crippen LogP contribution < -0.4 is 5.32 Å². The van der Waals surface area contributed by atoms with Gasteiger partial charge in [0.2, 0.25) is 0 Å². The third-order valence-electron chi connectivity index (χ3n) is 2.79. The van der Waals surface area contributed by atoms with Crippen molar-refractivity contribution in [2.75, 3.05) is 6.54 Å². The highest BCUT2D eigenvalue weighted by Crippen LogP contribution is 2.28. The van der Waals surface area contributed by atoms with Crippen molar-refractivity contribution in [3.8, 4) is 0 Å². The van der Waals surface area contributed by atoms with Crippen molar-refractivity contribution < 1.29 is 0 Å². The first-order valence-corrected chi connectivity index (χ1v) is 6.91. The van der Waals surface area contributed by atoms with Crippen molar-refractivity contribution in [2.24, 2.45) is 0 Å². The van der Waals surface area contributed by atoms with Gasteiger partial charge in [-0.2, -0.15) is 0 Å². The molecule has 0 bridgehead atoms. The van der Waals surface area contributed by atoms with Crippen LogP contribution in [0.2, 0.25) is 10.0 Å². The molecular formula is C14H15Cl2N3. The maximum atomic E-state index is 6.09. The first kappa shape index (κ1) is 14.3. The molecule has 0 aliphatic rings. The van der Waals surface area contributed by atoms with Gasteiger partial charge in [0.05, 0.1) is 16.1 Å². The molecule has 1 heterocycles. The van der Waals surface area contributed by atoms with Gasteiger partial charge in [-0.3, -0.25) is 0 Å². The Morgan fingerprint density at radius 1 is 1.11 bits per heavy atom. The number of nitrogens with one attached hydrogen (secondary N) is 1. The third kappa shape index (κ3) is 3.66. The molecule has 100 valence electrons. The van der Waals surface area contributed by atoms with Crippen molar-refractivity contribution >= 4 is 23.2 Å². The van der Waals surface area contributed by atoms with Crippen LogP contribution in [0.15, 0.2) is 36.9 Å². The lowest BCUT2D eigenvalue weighted by atomic mass is 10.0. The van der Waals surface area contributed by atoms with E-state index in [4.69, 9.17) is 23.2 Å². The van der Waals surface area contributed by atoms with E-state index in [1.165, 1.54) is 6.33 Å². The summed E-state index contributed by atoms with van der Waals surface area (Å²) in [5, 5.41) is 4.58. The summed E-state index contributed by atoms with van der Waals surface area (Å²) >= 11 is 12.0. The molecule has 5 heteroatoms. The molecule has 1 N–H and O–H groups in total. The van der Waals surface area contributed by atoms with Crippen molar-refractivity contribution in [1.29, 1.82) is 0 Å². The highest BCUT2D eigenvalue weighted by Gasteiger charge is 2.14. The molecule has 0 spiro atoms. The lowest BCUT2D eigenvalue weighted by molar-refractivity contribution is 0.595. The first-order chi connectivity index (χ1) is 9.22. The Morgan fingerprint density at radius 3 is 2.47 bits per heavy atom. The van der Waals surface area contributed by atoms with Gasteiger partial charge in [-0.25, -0.2) is 9.97 Å². The average molecular weight is 296 g/mol. The largest absolute Gasteiger partial charge is 0.306 e. The molecule has 0 fully saturated rings. The number of benzene rings is 1. The predicted molar refractivity (Wildman–Crippen MR) is 78.6 cm³/mol. The summed E-state index contributed by atoms with van der Waals surface area (Å²) in [5.41, 5.74) is 2.06. The molecule has 0 saturated carbocycles. The van der Waals surface area contributed by atoms with Gasteiger partial charge in [-0.15, -0.1) is 0 Å². The van der Waals surface area contributed by atoms with E-state index in [1.807, 2.05) is 30.6 Å². The topological polar surface area (TPSA) is 37.8 Å². The summed E-state index contributed by atoms with van der Waals surface area (Å²) in [4.78, 5) is 8.14. The second-order valence-electron chi connectivity index (χ2n) is 4.23. The lowest BCUT2D eigenvalue weighted by Crippen LogP contribution is -2.23. The lowest BCUT2D eigenvalue weighted by Gasteiger charge is -2.19. The normalized spacial score (nSPS) is 12.4. The van der Waals surface area contributed by atoms with Crippen LogP contribution >= 0.6 is 23.2 Å². The molecule has 1 unspecified atom stereocenters. The molecule has 1 aromatic heterocycles. The third-order valence-corrected chi connectivity index (χ3v) is 3.53. The summed E-state index contributed by atoms with van der Waals surface area (Å²) < 4.78 is 0. The Hall–Kier alpha value is -1.16. The molecule has 1 aromatic carbocycles. The van der Waals surface area contributed by atoms with Gasteiger partial charge >= 0.3 is 0 Å². The Kier molecular flexibility index (Phi) is 5.14. The van der Waals surface area contributed by atoms with Gasteiger partial charge in [0.25, 0.3) is 0 Å². The predicted octanol–water partition coefficient (Wildman–Crippen LogP) is 3.87. The summed E-state index contributed by atoms with van der Waals surface area (Å²) in [6.45, 7) is 3.03. The Balaban J connectivity index is 2.34. The molecule has 1 atom stereocenters. The molecular weight excluding hydrogens is 281 g/mol. The molecule has 19 heavy (non-hydrogen) atoms. The average Bonchev–Trinajstić information content (AvgIpc) is 2.44. The fourth-order valence-electron chi connectivity index (χ4n) is 1.87. The van der Waals surface area contributed by atoms with Gasteiger partial charge in [0, 0.05) is 18.0 Å². The summed E-state index contributed by atoms with van der Waals surface area (Å²) in [6, 6.07) is 5.68. The van der Waals surface area contributed by atoms with Crippen LogP contribution in [0.3, 0.4) is 0 Å². The van der Waals surface area contributed by atoms with Crippen LogP contribution in [0.1, 0.15) is 30.5 Å².